The van der Waals surface area contributed by atoms with Gasteiger partial charge in [-0.3, -0.25) is 14.9 Å². The number of benzene rings is 3. The number of nitrogens with zero attached hydrogens (tertiary/aromatic N) is 2. The number of aryl methyl sites for hydroxylation is 1. The molecular weight excluding hydrogens is 366 g/mol. The lowest BCUT2D eigenvalue weighted by Gasteiger charge is -2.11. The number of hydrogen-bond acceptors (Lipinski definition) is 4. The molecule has 29 heavy (non-hydrogen) atoms. The van der Waals surface area contributed by atoms with Crippen molar-refractivity contribution in [1.82, 2.24) is 4.98 Å². The van der Waals surface area contributed by atoms with Crippen molar-refractivity contribution in [1.29, 1.82) is 0 Å². The Hall–Kier alpha value is -4.06. The average Bonchev–Trinajstić information content (AvgIpc) is 2.73. The van der Waals surface area contributed by atoms with Crippen LogP contribution in [0.15, 0.2) is 78.9 Å². The van der Waals surface area contributed by atoms with Gasteiger partial charge in [0.15, 0.2) is 0 Å². The largest absolute Gasteiger partial charge is 0.316 e. The van der Waals surface area contributed by atoms with E-state index in [2.05, 4.69) is 5.32 Å². The third-order valence-corrected chi connectivity index (χ3v) is 4.62. The van der Waals surface area contributed by atoms with Crippen LogP contribution in [0, 0.1) is 17.0 Å². The molecule has 0 spiro atoms. The van der Waals surface area contributed by atoms with Crippen molar-refractivity contribution >= 4 is 28.2 Å². The number of pyridine rings is 1. The van der Waals surface area contributed by atoms with Crippen LogP contribution in [0.2, 0.25) is 0 Å². The van der Waals surface area contributed by atoms with Crippen molar-refractivity contribution in [3.63, 3.8) is 0 Å². The molecule has 4 rings (SSSR count). The maximum atomic E-state index is 13.1. The highest BCUT2D eigenvalue weighted by molar-refractivity contribution is 6.13. The van der Waals surface area contributed by atoms with Crippen molar-refractivity contribution in [2.75, 3.05) is 5.32 Å². The Balaban J connectivity index is 1.82. The number of amides is 1. The molecule has 6 nitrogen and oxygen atoms in total. The van der Waals surface area contributed by atoms with Gasteiger partial charge in [-0.05, 0) is 31.2 Å². The third-order valence-electron chi connectivity index (χ3n) is 4.62. The van der Waals surface area contributed by atoms with Gasteiger partial charge in [0.25, 0.3) is 11.6 Å². The van der Waals surface area contributed by atoms with Crippen LogP contribution < -0.4 is 5.32 Å². The number of carbonyl (C=O) groups excluding carboxylic acids is 1. The molecule has 1 heterocycles. The fourth-order valence-electron chi connectivity index (χ4n) is 3.24. The Morgan fingerprint density at radius 2 is 1.72 bits per heavy atom. The summed E-state index contributed by atoms with van der Waals surface area (Å²) in [5.41, 5.74) is 3.74. The molecule has 0 fully saturated rings. The van der Waals surface area contributed by atoms with Crippen LogP contribution in [-0.2, 0) is 0 Å². The van der Waals surface area contributed by atoms with Gasteiger partial charge in [0.2, 0.25) is 0 Å². The predicted octanol–water partition coefficient (Wildman–Crippen LogP) is 5.37. The van der Waals surface area contributed by atoms with Gasteiger partial charge < -0.3 is 5.32 Å². The molecule has 0 saturated heterocycles. The monoisotopic (exact) mass is 383 g/mol. The molecule has 0 aliphatic heterocycles. The van der Waals surface area contributed by atoms with E-state index in [0.717, 1.165) is 11.1 Å². The summed E-state index contributed by atoms with van der Waals surface area (Å²) in [4.78, 5) is 28.5. The van der Waals surface area contributed by atoms with Gasteiger partial charge in [0, 0.05) is 17.0 Å². The van der Waals surface area contributed by atoms with E-state index in [0.29, 0.717) is 22.2 Å². The molecule has 4 aromatic rings. The molecule has 6 heteroatoms. The molecule has 0 saturated carbocycles. The van der Waals surface area contributed by atoms with E-state index in [1.807, 2.05) is 55.5 Å². The molecule has 0 atom stereocenters. The SMILES string of the molecule is Cc1cccc(-c2cc(C(=O)Nc3ccccc3[N+](=O)[O-])c3ccccc3n2)c1. The highest BCUT2D eigenvalue weighted by Gasteiger charge is 2.18. The average molecular weight is 383 g/mol. The molecule has 142 valence electrons. The lowest BCUT2D eigenvalue weighted by molar-refractivity contribution is -0.383. The van der Waals surface area contributed by atoms with Crippen molar-refractivity contribution in [3.05, 3.63) is 100 Å². The summed E-state index contributed by atoms with van der Waals surface area (Å²) >= 11 is 0. The summed E-state index contributed by atoms with van der Waals surface area (Å²) in [6.45, 7) is 1.99. The Bertz CT molecular complexity index is 1250. The van der Waals surface area contributed by atoms with Crippen molar-refractivity contribution < 1.29 is 9.72 Å². The first-order valence-corrected chi connectivity index (χ1v) is 9.04. The quantitative estimate of drug-likeness (QED) is 0.379. The molecule has 1 aromatic heterocycles. The van der Waals surface area contributed by atoms with Crippen LogP contribution in [0.3, 0.4) is 0 Å². The Labute approximate surface area is 167 Å². The predicted molar refractivity (Wildman–Crippen MR) is 113 cm³/mol. The lowest BCUT2D eigenvalue weighted by Crippen LogP contribution is -2.14. The lowest BCUT2D eigenvalue weighted by atomic mass is 10.0. The second kappa shape index (κ2) is 7.52. The van der Waals surface area contributed by atoms with E-state index in [1.165, 1.54) is 12.1 Å². The topological polar surface area (TPSA) is 85.1 Å². The van der Waals surface area contributed by atoms with Gasteiger partial charge in [0.05, 0.1) is 21.7 Å². The maximum absolute atomic E-state index is 13.1. The van der Waals surface area contributed by atoms with Crippen LogP contribution in [-0.4, -0.2) is 15.8 Å². The van der Waals surface area contributed by atoms with E-state index in [-0.39, 0.29) is 11.4 Å². The first-order valence-electron chi connectivity index (χ1n) is 9.04. The van der Waals surface area contributed by atoms with E-state index in [1.54, 1.807) is 18.2 Å². The minimum atomic E-state index is -0.515. The summed E-state index contributed by atoms with van der Waals surface area (Å²) in [5.74, 6) is -0.424. The second-order valence-corrected chi connectivity index (χ2v) is 6.67. The number of para-hydroxylation sites is 3. The van der Waals surface area contributed by atoms with Crippen molar-refractivity contribution in [2.45, 2.75) is 6.92 Å². The first-order chi connectivity index (χ1) is 14.0. The van der Waals surface area contributed by atoms with Gasteiger partial charge in [0.1, 0.15) is 5.69 Å². The number of hydrogen-bond donors (Lipinski definition) is 1. The molecule has 0 unspecified atom stereocenters. The number of aromatic nitrogens is 1. The minimum Gasteiger partial charge on any atom is -0.316 e. The summed E-state index contributed by atoms with van der Waals surface area (Å²) in [6.07, 6.45) is 0. The number of nitrogens with one attached hydrogen (secondary N) is 1. The summed E-state index contributed by atoms with van der Waals surface area (Å²) in [7, 11) is 0. The highest BCUT2D eigenvalue weighted by Crippen LogP contribution is 2.28. The molecule has 0 bridgehead atoms. The Kier molecular flexibility index (Phi) is 4.75. The first kappa shape index (κ1) is 18.3. The third kappa shape index (κ3) is 3.68. The molecule has 1 amide bonds. The minimum absolute atomic E-state index is 0.153. The van der Waals surface area contributed by atoms with Gasteiger partial charge in [-0.2, -0.15) is 0 Å². The fraction of sp³-hybridized carbons (Fsp3) is 0.0435. The summed E-state index contributed by atoms with van der Waals surface area (Å²) in [5, 5.41) is 14.6. The Morgan fingerprint density at radius 1 is 0.966 bits per heavy atom. The van der Waals surface area contributed by atoms with Gasteiger partial charge in [-0.25, -0.2) is 4.98 Å². The smallest absolute Gasteiger partial charge is 0.292 e. The zero-order valence-electron chi connectivity index (χ0n) is 15.6. The number of rotatable bonds is 4. The van der Waals surface area contributed by atoms with Crippen LogP contribution in [0.5, 0.6) is 0 Å². The van der Waals surface area contributed by atoms with E-state index >= 15 is 0 Å². The van der Waals surface area contributed by atoms with E-state index in [4.69, 9.17) is 4.98 Å². The molecule has 0 radical (unpaired) electrons. The number of nitro groups is 1. The molecule has 0 aliphatic carbocycles. The number of nitro benzene ring substituents is 1. The summed E-state index contributed by atoms with van der Waals surface area (Å²) in [6, 6.07) is 23.0. The van der Waals surface area contributed by atoms with Gasteiger partial charge in [-0.15, -0.1) is 0 Å². The second-order valence-electron chi connectivity index (χ2n) is 6.67. The normalized spacial score (nSPS) is 10.7. The number of fused-ring (bicyclic) bond motifs is 1. The van der Waals surface area contributed by atoms with E-state index < -0.39 is 10.8 Å². The van der Waals surface area contributed by atoms with Crippen molar-refractivity contribution in [2.24, 2.45) is 0 Å². The van der Waals surface area contributed by atoms with Crippen LogP contribution in [0.1, 0.15) is 15.9 Å². The maximum Gasteiger partial charge on any atom is 0.292 e. The highest BCUT2D eigenvalue weighted by atomic mass is 16.6. The fourth-order valence-corrected chi connectivity index (χ4v) is 3.24. The van der Waals surface area contributed by atoms with Gasteiger partial charge >= 0.3 is 0 Å². The zero-order valence-corrected chi connectivity index (χ0v) is 15.6. The summed E-state index contributed by atoms with van der Waals surface area (Å²) < 4.78 is 0. The standard InChI is InChI=1S/C23H17N3O3/c1-15-7-6-8-16(13-15)21-14-18(17-9-2-3-10-19(17)24-21)23(27)25-20-11-4-5-12-22(20)26(28)29/h2-14H,1H3,(H,25,27). The molecule has 0 aliphatic rings. The number of carbonyl (C=O) groups is 1. The Morgan fingerprint density at radius 3 is 2.52 bits per heavy atom. The molecular formula is C23H17N3O3. The number of anilines is 1. The zero-order chi connectivity index (χ0) is 20.4. The molecule has 3 aromatic carbocycles. The van der Waals surface area contributed by atoms with Crippen molar-refractivity contribution in [3.8, 4) is 11.3 Å². The van der Waals surface area contributed by atoms with Gasteiger partial charge in [-0.1, -0.05) is 54.1 Å². The van der Waals surface area contributed by atoms with Crippen LogP contribution in [0.4, 0.5) is 11.4 Å². The van der Waals surface area contributed by atoms with E-state index in [9.17, 15) is 14.9 Å². The van der Waals surface area contributed by atoms with Crippen LogP contribution >= 0.6 is 0 Å². The van der Waals surface area contributed by atoms with Crippen LogP contribution in [0.25, 0.3) is 22.2 Å². The molecule has 1 N–H and O–H groups in total.